The van der Waals surface area contributed by atoms with Gasteiger partial charge in [-0.05, 0) is 47.4 Å². The predicted molar refractivity (Wildman–Crippen MR) is 118 cm³/mol. The van der Waals surface area contributed by atoms with Crippen LogP contribution in [0.25, 0.3) is 22.9 Å². The molecule has 0 bridgehead atoms. The first-order valence-corrected chi connectivity index (χ1v) is 10.0. The molecule has 1 amide bonds. The van der Waals surface area contributed by atoms with E-state index >= 15 is 0 Å². The smallest absolute Gasteiger partial charge is 0.258 e. The predicted octanol–water partition coefficient (Wildman–Crippen LogP) is 6.23. The van der Waals surface area contributed by atoms with Crippen molar-refractivity contribution in [3.8, 4) is 22.9 Å². The first-order chi connectivity index (χ1) is 15.2. The molecule has 1 N–H and O–H groups in total. The van der Waals surface area contributed by atoms with Gasteiger partial charge in [0, 0.05) is 11.6 Å². The van der Waals surface area contributed by atoms with Crippen molar-refractivity contribution in [1.29, 1.82) is 0 Å². The molecule has 0 saturated carbocycles. The molecule has 0 aliphatic heterocycles. The van der Waals surface area contributed by atoms with Crippen molar-refractivity contribution in [1.82, 2.24) is 10.2 Å². The first kappa shape index (κ1) is 21.4. The molecule has 7 heteroatoms. The molecule has 4 rings (SSSR count). The van der Waals surface area contributed by atoms with Gasteiger partial charge in [0.25, 0.3) is 5.91 Å². The van der Waals surface area contributed by atoms with E-state index in [2.05, 4.69) is 36.3 Å². The number of carbonyl (C=O) groups excluding carboxylic acids is 1. The fourth-order valence-electron chi connectivity index (χ4n) is 3.20. The van der Waals surface area contributed by atoms with E-state index in [0.29, 0.717) is 23.2 Å². The van der Waals surface area contributed by atoms with Gasteiger partial charge in [0.2, 0.25) is 11.8 Å². The van der Waals surface area contributed by atoms with E-state index in [-0.39, 0.29) is 16.9 Å². The number of anilines is 1. The van der Waals surface area contributed by atoms with Crippen LogP contribution < -0.4 is 5.32 Å². The monoisotopic (exact) mass is 433 g/mol. The largest absolute Gasteiger partial charge is 0.416 e. The van der Waals surface area contributed by atoms with Crippen molar-refractivity contribution in [3.05, 3.63) is 89.5 Å². The van der Waals surface area contributed by atoms with E-state index in [4.69, 9.17) is 4.42 Å². The molecule has 0 saturated heterocycles. The zero-order chi connectivity index (χ0) is 22.9. The third kappa shape index (κ3) is 4.42. The molecule has 0 aliphatic rings. The first-order valence-electron chi connectivity index (χ1n) is 10.0. The average molecular weight is 433 g/mol. The number of hydrogen-bond acceptors (Lipinski definition) is 4. The zero-order valence-electron chi connectivity index (χ0n) is 17.8. The zero-order valence-corrected chi connectivity index (χ0v) is 17.8. The van der Waals surface area contributed by atoms with Gasteiger partial charge in [-0.15, -0.1) is 10.2 Å². The lowest BCUT2D eigenvalue weighted by atomic mass is 9.87. The summed E-state index contributed by atoms with van der Waals surface area (Å²) in [6.45, 7) is 6.40. The third-order valence-corrected chi connectivity index (χ3v) is 5.00. The van der Waals surface area contributed by atoms with Crippen LogP contribution in [0.1, 0.15) is 36.7 Å². The second-order valence-corrected chi connectivity index (χ2v) is 8.36. The van der Waals surface area contributed by atoms with Crippen molar-refractivity contribution in [3.63, 3.8) is 0 Å². The fourth-order valence-corrected chi connectivity index (χ4v) is 3.20. The molecular formula is C25H21F2N3O2. The molecule has 4 aromatic rings. The Kier molecular flexibility index (Phi) is 5.57. The van der Waals surface area contributed by atoms with Crippen molar-refractivity contribution in [2.45, 2.75) is 26.2 Å². The van der Waals surface area contributed by atoms with Crippen LogP contribution in [0, 0.1) is 11.6 Å². The van der Waals surface area contributed by atoms with Crippen LogP contribution in [0.4, 0.5) is 14.5 Å². The lowest BCUT2D eigenvalue weighted by Crippen LogP contribution is -2.14. The van der Waals surface area contributed by atoms with Crippen LogP contribution >= 0.6 is 0 Å². The molecule has 5 nitrogen and oxygen atoms in total. The Morgan fingerprint density at radius 1 is 0.906 bits per heavy atom. The fraction of sp³-hybridized carbons (Fsp3) is 0.160. The molecule has 0 spiro atoms. The minimum atomic E-state index is -0.946. The Bertz CT molecular complexity index is 1280. The van der Waals surface area contributed by atoms with E-state index in [1.807, 2.05) is 24.3 Å². The number of carbonyl (C=O) groups is 1. The van der Waals surface area contributed by atoms with Crippen molar-refractivity contribution < 1.29 is 18.0 Å². The molecule has 0 unspecified atom stereocenters. The molecule has 0 radical (unpaired) electrons. The molecule has 1 heterocycles. The number of hydrogen-bond donors (Lipinski definition) is 1. The van der Waals surface area contributed by atoms with Gasteiger partial charge in [-0.1, -0.05) is 45.0 Å². The normalized spacial score (nSPS) is 11.4. The summed E-state index contributed by atoms with van der Waals surface area (Å²) in [6.07, 6.45) is 0. The van der Waals surface area contributed by atoms with Crippen LogP contribution in [-0.2, 0) is 5.41 Å². The molecular weight excluding hydrogens is 412 g/mol. The lowest BCUT2D eigenvalue weighted by Gasteiger charge is -2.18. The van der Waals surface area contributed by atoms with E-state index in [0.717, 1.165) is 17.7 Å². The summed E-state index contributed by atoms with van der Waals surface area (Å²) >= 11 is 0. The highest BCUT2D eigenvalue weighted by atomic mass is 19.1. The number of para-hydroxylation sites is 1. The van der Waals surface area contributed by atoms with Crippen molar-refractivity contribution in [2.24, 2.45) is 0 Å². The van der Waals surface area contributed by atoms with Gasteiger partial charge in [-0.25, -0.2) is 8.78 Å². The van der Waals surface area contributed by atoms with Gasteiger partial charge < -0.3 is 9.73 Å². The third-order valence-electron chi connectivity index (χ3n) is 5.00. The number of halogens is 2. The highest BCUT2D eigenvalue weighted by Gasteiger charge is 2.19. The number of amides is 1. The van der Waals surface area contributed by atoms with Crippen molar-refractivity contribution >= 4 is 11.6 Å². The summed E-state index contributed by atoms with van der Waals surface area (Å²) in [5.41, 5.74) is 2.55. The quantitative estimate of drug-likeness (QED) is 0.414. The summed E-state index contributed by atoms with van der Waals surface area (Å²) in [7, 11) is 0. The molecule has 0 atom stereocenters. The number of nitrogens with zero attached hydrogens (tertiary/aromatic N) is 2. The second-order valence-electron chi connectivity index (χ2n) is 8.36. The number of aromatic nitrogens is 2. The van der Waals surface area contributed by atoms with Gasteiger partial charge in [-0.3, -0.25) is 4.79 Å². The van der Waals surface area contributed by atoms with Gasteiger partial charge in [0.1, 0.15) is 11.6 Å². The molecule has 1 aromatic heterocycles. The number of nitrogens with one attached hydrogen (secondary N) is 1. The van der Waals surface area contributed by atoms with Crippen LogP contribution in [0.3, 0.4) is 0 Å². The summed E-state index contributed by atoms with van der Waals surface area (Å²) in [6, 6.07) is 17.5. The molecule has 3 aromatic carbocycles. The van der Waals surface area contributed by atoms with Crippen molar-refractivity contribution in [2.75, 3.05) is 5.32 Å². The SMILES string of the molecule is CC(C)(C)c1ccc(-c2nnc(-c3ccccc3NC(=O)c3ccc(F)cc3F)o2)cc1. The molecule has 0 fully saturated rings. The Labute approximate surface area is 184 Å². The Balaban J connectivity index is 1.61. The Morgan fingerprint density at radius 3 is 2.28 bits per heavy atom. The molecule has 0 aliphatic carbocycles. The lowest BCUT2D eigenvalue weighted by molar-refractivity contribution is 0.102. The second kappa shape index (κ2) is 8.34. The van der Waals surface area contributed by atoms with Crippen LogP contribution in [0.15, 0.2) is 71.1 Å². The van der Waals surface area contributed by atoms with Gasteiger partial charge >= 0.3 is 0 Å². The van der Waals surface area contributed by atoms with Gasteiger partial charge in [-0.2, -0.15) is 0 Å². The highest BCUT2D eigenvalue weighted by molar-refractivity contribution is 6.06. The topological polar surface area (TPSA) is 68.0 Å². The molecule has 32 heavy (non-hydrogen) atoms. The standard InChI is InChI=1S/C25H21F2N3O2/c1-25(2,3)16-10-8-15(9-11-16)23-29-30-24(32-23)19-6-4-5-7-21(19)28-22(31)18-13-12-17(26)14-20(18)27/h4-14H,1-3H3,(H,28,31). The Hall–Kier alpha value is -3.87. The maximum absolute atomic E-state index is 14.0. The van der Waals surface area contributed by atoms with Crippen LogP contribution in [-0.4, -0.2) is 16.1 Å². The number of rotatable bonds is 4. The van der Waals surface area contributed by atoms with E-state index < -0.39 is 17.5 Å². The molecule has 162 valence electrons. The minimum Gasteiger partial charge on any atom is -0.416 e. The van der Waals surface area contributed by atoms with E-state index in [1.165, 1.54) is 5.56 Å². The van der Waals surface area contributed by atoms with Crippen LogP contribution in [0.2, 0.25) is 0 Å². The maximum atomic E-state index is 14.0. The summed E-state index contributed by atoms with van der Waals surface area (Å²) < 4.78 is 33.0. The van der Waals surface area contributed by atoms with E-state index in [1.54, 1.807) is 24.3 Å². The Morgan fingerprint density at radius 2 is 1.59 bits per heavy atom. The van der Waals surface area contributed by atoms with Crippen LogP contribution in [0.5, 0.6) is 0 Å². The van der Waals surface area contributed by atoms with Gasteiger partial charge in [0.05, 0.1) is 16.8 Å². The summed E-state index contributed by atoms with van der Waals surface area (Å²) in [4.78, 5) is 12.5. The summed E-state index contributed by atoms with van der Waals surface area (Å²) in [5.74, 6) is -1.87. The highest BCUT2D eigenvalue weighted by Crippen LogP contribution is 2.31. The summed E-state index contributed by atoms with van der Waals surface area (Å²) in [5, 5.41) is 10.9. The van der Waals surface area contributed by atoms with Gasteiger partial charge in [0.15, 0.2) is 0 Å². The maximum Gasteiger partial charge on any atom is 0.258 e. The minimum absolute atomic E-state index is 0.0275. The average Bonchev–Trinajstić information content (AvgIpc) is 3.23. The van der Waals surface area contributed by atoms with E-state index in [9.17, 15) is 13.6 Å². The number of benzene rings is 3.